The first-order valence-electron chi connectivity index (χ1n) is 5.68. The van der Waals surface area contributed by atoms with Crippen molar-refractivity contribution in [1.82, 2.24) is 0 Å². The molecule has 3 N–H and O–H groups in total. The summed E-state index contributed by atoms with van der Waals surface area (Å²) in [7, 11) is -3.77. The summed E-state index contributed by atoms with van der Waals surface area (Å²) in [5, 5.41) is 7.84. The number of rotatable bonds is 5. The van der Waals surface area contributed by atoms with Crippen LogP contribution in [0.4, 0.5) is 5.69 Å². The van der Waals surface area contributed by atoms with Crippen LogP contribution in [0.3, 0.4) is 0 Å². The summed E-state index contributed by atoms with van der Waals surface area (Å²) in [6, 6.07) is 2.90. The minimum Gasteiger partial charge on any atom is -0.326 e. The molecule has 0 atom stereocenters. The highest BCUT2D eigenvalue weighted by molar-refractivity contribution is 7.98. The molecular formula is C12H18N2O3S2. The van der Waals surface area contributed by atoms with E-state index in [1.54, 1.807) is 18.7 Å². The van der Waals surface area contributed by atoms with Crippen LogP contribution in [0, 0.1) is 13.8 Å². The zero-order valence-electron chi connectivity index (χ0n) is 11.2. The Hall–Kier alpha value is -1.05. The maximum Gasteiger partial charge on any atom is 0.238 e. The standard InChI is InChI=1S/C12H18N2O3S2/c1-8-6-10(19(13,16)17)7-11(9(8)2)14-12(15)4-5-18-3/h6-7H,4-5H2,1-3H3,(H,14,15)(H2,13,16,17). The number of primary sulfonamides is 1. The molecule has 0 fully saturated rings. The Morgan fingerprint density at radius 2 is 2.00 bits per heavy atom. The largest absolute Gasteiger partial charge is 0.326 e. The van der Waals surface area contributed by atoms with Crippen molar-refractivity contribution in [2.45, 2.75) is 25.2 Å². The summed E-state index contributed by atoms with van der Waals surface area (Å²) in [4.78, 5) is 11.7. The van der Waals surface area contributed by atoms with E-state index in [0.717, 1.165) is 16.9 Å². The van der Waals surface area contributed by atoms with Gasteiger partial charge in [0.05, 0.1) is 4.90 Å². The molecule has 0 aliphatic rings. The molecule has 0 unspecified atom stereocenters. The van der Waals surface area contributed by atoms with Gasteiger partial charge >= 0.3 is 0 Å². The molecule has 0 bridgehead atoms. The quantitative estimate of drug-likeness (QED) is 0.865. The Bertz CT molecular complexity index is 583. The van der Waals surface area contributed by atoms with E-state index in [9.17, 15) is 13.2 Å². The molecule has 1 aromatic carbocycles. The monoisotopic (exact) mass is 302 g/mol. The first-order chi connectivity index (χ1) is 8.75. The second-order valence-corrected chi connectivity index (χ2v) is 6.80. The second-order valence-electron chi connectivity index (χ2n) is 4.25. The van der Waals surface area contributed by atoms with Gasteiger partial charge in [0.2, 0.25) is 15.9 Å². The lowest BCUT2D eigenvalue weighted by Gasteiger charge is -2.12. The number of nitrogens with one attached hydrogen (secondary N) is 1. The minimum atomic E-state index is -3.77. The average Bonchev–Trinajstić information content (AvgIpc) is 2.30. The van der Waals surface area contributed by atoms with E-state index in [0.29, 0.717) is 12.1 Å². The van der Waals surface area contributed by atoms with Gasteiger partial charge in [-0.2, -0.15) is 11.8 Å². The third-order valence-corrected chi connectivity index (χ3v) is 4.28. The number of nitrogens with two attached hydrogens (primary N) is 1. The predicted octanol–water partition coefficient (Wildman–Crippen LogP) is 1.64. The third kappa shape index (κ3) is 4.52. The molecular weight excluding hydrogens is 284 g/mol. The topological polar surface area (TPSA) is 89.3 Å². The number of anilines is 1. The summed E-state index contributed by atoms with van der Waals surface area (Å²) in [5.41, 5.74) is 2.10. The number of aryl methyl sites for hydroxylation is 1. The molecule has 106 valence electrons. The van der Waals surface area contributed by atoms with Gasteiger partial charge in [0.15, 0.2) is 0 Å². The number of carbonyl (C=O) groups excluding carboxylic acids is 1. The zero-order chi connectivity index (χ0) is 14.6. The van der Waals surface area contributed by atoms with Gasteiger partial charge in [0, 0.05) is 17.9 Å². The van der Waals surface area contributed by atoms with Crippen LogP contribution in [0.15, 0.2) is 17.0 Å². The highest BCUT2D eigenvalue weighted by Gasteiger charge is 2.14. The smallest absolute Gasteiger partial charge is 0.238 e. The summed E-state index contributed by atoms with van der Waals surface area (Å²) < 4.78 is 22.7. The summed E-state index contributed by atoms with van der Waals surface area (Å²) in [6.45, 7) is 3.61. The van der Waals surface area contributed by atoms with Crippen LogP contribution in [-0.2, 0) is 14.8 Å². The van der Waals surface area contributed by atoms with E-state index >= 15 is 0 Å². The molecule has 5 nitrogen and oxygen atoms in total. The van der Waals surface area contributed by atoms with Crippen molar-refractivity contribution in [3.8, 4) is 0 Å². The van der Waals surface area contributed by atoms with E-state index in [4.69, 9.17) is 5.14 Å². The fourth-order valence-corrected chi connectivity index (χ4v) is 2.54. The Morgan fingerprint density at radius 3 is 2.53 bits per heavy atom. The van der Waals surface area contributed by atoms with Crippen molar-refractivity contribution in [3.05, 3.63) is 23.3 Å². The van der Waals surface area contributed by atoms with Gasteiger partial charge in [0.25, 0.3) is 0 Å². The molecule has 0 aromatic heterocycles. The third-order valence-electron chi connectivity index (χ3n) is 2.78. The SMILES string of the molecule is CSCCC(=O)Nc1cc(S(N)(=O)=O)cc(C)c1C. The number of hydrogen-bond donors (Lipinski definition) is 2. The Kier molecular flexibility index (Phi) is 5.39. The van der Waals surface area contributed by atoms with Gasteiger partial charge in [-0.25, -0.2) is 13.6 Å². The average molecular weight is 302 g/mol. The Morgan fingerprint density at radius 1 is 1.37 bits per heavy atom. The van der Waals surface area contributed by atoms with Gasteiger partial charge < -0.3 is 5.32 Å². The predicted molar refractivity (Wildman–Crippen MR) is 78.9 cm³/mol. The number of carbonyl (C=O) groups is 1. The van der Waals surface area contributed by atoms with Crippen molar-refractivity contribution in [2.24, 2.45) is 5.14 Å². The number of hydrogen-bond acceptors (Lipinski definition) is 4. The van der Waals surface area contributed by atoms with E-state index in [2.05, 4.69) is 5.32 Å². The van der Waals surface area contributed by atoms with Crippen LogP contribution >= 0.6 is 11.8 Å². The zero-order valence-corrected chi connectivity index (χ0v) is 12.8. The van der Waals surface area contributed by atoms with Crippen molar-refractivity contribution < 1.29 is 13.2 Å². The van der Waals surface area contributed by atoms with Crippen LogP contribution in [0.1, 0.15) is 17.5 Å². The van der Waals surface area contributed by atoms with Crippen LogP contribution in [0.25, 0.3) is 0 Å². The summed E-state index contributed by atoms with van der Waals surface area (Å²) in [5.74, 6) is 0.585. The number of benzene rings is 1. The molecule has 1 amide bonds. The molecule has 0 heterocycles. The van der Waals surface area contributed by atoms with Gasteiger partial charge in [-0.3, -0.25) is 4.79 Å². The molecule has 7 heteroatoms. The maximum atomic E-state index is 11.7. The van der Waals surface area contributed by atoms with Crippen molar-refractivity contribution in [1.29, 1.82) is 0 Å². The normalized spacial score (nSPS) is 11.4. The summed E-state index contributed by atoms with van der Waals surface area (Å²) >= 11 is 1.58. The van der Waals surface area contributed by atoms with Crippen LogP contribution in [-0.4, -0.2) is 26.3 Å². The molecule has 19 heavy (non-hydrogen) atoms. The van der Waals surface area contributed by atoms with E-state index in [1.807, 2.05) is 13.2 Å². The lowest BCUT2D eigenvalue weighted by Crippen LogP contribution is -2.16. The van der Waals surface area contributed by atoms with E-state index < -0.39 is 10.0 Å². The van der Waals surface area contributed by atoms with Crippen molar-refractivity contribution >= 4 is 33.4 Å². The molecule has 0 spiro atoms. The van der Waals surface area contributed by atoms with Crippen LogP contribution in [0.5, 0.6) is 0 Å². The molecule has 0 saturated heterocycles. The van der Waals surface area contributed by atoms with Crippen molar-refractivity contribution in [3.63, 3.8) is 0 Å². The van der Waals surface area contributed by atoms with Crippen LogP contribution in [0.2, 0.25) is 0 Å². The van der Waals surface area contributed by atoms with Gasteiger partial charge in [-0.1, -0.05) is 0 Å². The minimum absolute atomic E-state index is 0.00997. The highest BCUT2D eigenvalue weighted by atomic mass is 32.2. The second kappa shape index (κ2) is 6.40. The molecule has 0 aliphatic carbocycles. The van der Waals surface area contributed by atoms with Gasteiger partial charge in [0.1, 0.15) is 0 Å². The van der Waals surface area contributed by atoms with Gasteiger partial charge in [-0.15, -0.1) is 0 Å². The lowest BCUT2D eigenvalue weighted by atomic mass is 10.1. The molecule has 0 saturated carbocycles. The molecule has 0 radical (unpaired) electrons. The molecule has 1 aromatic rings. The van der Waals surface area contributed by atoms with E-state index in [1.165, 1.54) is 12.1 Å². The van der Waals surface area contributed by atoms with Crippen LogP contribution < -0.4 is 10.5 Å². The Balaban J connectivity index is 3.07. The number of amides is 1. The fraction of sp³-hybridized carbons (Fsp3) is 0.417. The first-order valence-corrected chi connectivity index (χ1v) is 8.62. The number of thioether (sulfide) groups is 1. The lowest BCUT2D eigenvalue weighted by molar-refractivity contribution is -0.115. The molecule has 1 rings (SSSR count). The number of sulfonamides is 1. The van der Waals surface area contributed by atoms with Gasteiger partial charge in [-0.05, 0) is 43.4 Å². The molecule has 0 aliphatic heterocycles. The van der Waals surface area contributed by atoms with E-state index in [-0.39, 0.29) is 10.8 Å². The maximum absolute atomic E-state index is 11.7. The highest BCUT2D eigenvalue weighted by Crippen LogP contribution is 2.23. The fourth-order valence-electron chi connectivity index (χ4n) is 1.53. The van der Waals surface area contributed by atoms with Crippen molar-refractivity contribution in [2.75, 3.05) is 17.3 Å². The summed E-state index contributed by atoms with van der Waals surface area (Å²) in [6.07, 6.45) is 2.31. The Labute approximate surface area is 118 Å². The first kappa shape index (κ1) is 16.0.